The van der Waals surface area contributed by atoms with Crippen molar-refractivity contribution in [2.45, 2.75) is 26.4 Å². The topological polar surface area (TPSA) is 75.6 Å². The summed E-state index contributed by atoms with van der Waals surface area (Å²) in [6.07, 6.45) is 1.07. The quantitative estimate of drug-likeness (QED) is 0.669. The summed E-state index contributed by atoms with van der Waals surface area (Å²) >= 11 is 0. The summed E-state index contributed by atoms with van der Waals surface area (Å²) in [7, 11) is 1.47. The third kappa shape index (κ3) is 5.18. The van der Waals surface area contributed by atoms with Crippen molar-refractivity contribution in [3.8, 4) is 0 Å². The number of rotatable bonds is 4. The normalized spacial score (nSPS) is 13.2. The number of alkyl carbamates (subject to hydrolysis) is 1. The van der Waals surface area contributed by atoms with Crippen LogP contribution in [0.2, 0.25) is 0 Å². The van der Waals surface area contributed by atoms with Gasteiger partial charge in [0.2, 0.25) is 0 Å². The Morgan fingerprint density at radius 3 is 2.57 bits per heavy atom. The number of amides is 1. The second-order valence-corrected chi connectivity index (χ2v) is 2.89. The molecule has 5 nitrogen and oxygen atoms in total. The molecular formula is C9H15NO4. The number of carbonyl (C=O) groups excluding carboxylic acids is 1. The van der Waals surface area contributed by atoms with Crippen LogP contribution in [0.15, 0.2) is 11.6 Å². The number of carboxylic acid groups (broad SMARTS) is 1. The average molecular weight is 201 g/mol. The lowest BCUT2D eigenvalue weighted by Gasteiger charge is -2.10. The highest BCUT2D eigenvalue weighted by atomic mass is 16.6. The maximum absolute atomic E-state index is 10.7. The first-order valence-electron chi connectivity index (χ1n) is 4.25. The largest absolute Gasteiger partial charge is 0.478 e. The van der Waals surface area contributed by atoms with Crippen LogP contribution in [0.4, 0.5) is 4.79 Å². The molecule has 0 fully saturated rings. The molecule has 0 saturated carbocycles. The predicted octanol–water partition coefficient (Wildman–Crippen LogP) is 1.15. The highest BCUT2D eigenvalue weighted by Gasteiger charge is 2.07. The van der Waals surface area contributed by atoms with Gasteiger partial charge in [0.05, 0.1) is 0 Å². The summed E-state index contributed by atoms with van der Waals surface area (Å²) in [6.45, 7) is 3.19. The second kappa shape index (κ2) is 6.01. The molecule has 0 aromatic heterocycles. The molecule has 0 aromatic carbocycles. The average Bonchev–Trinajstić information content (AvgIpc) is 2.13. The zero-order valence-corrected chi connectivity index (χ0v) is 8.53. The van der Waals surface area contributed by atoms with E-state index in [0.29, 0.717) is 6.42 Å². The van der Waals surface area contributed by atoms with Crippen molar-refractivity contribution in [3.05, 3.63) is 11.6 Å². The molecule has 2 N–H and O–H groups in total. The lowest BCUT2D eigenvalue weighted by molar-refractivity contribution is -0.132. The number of carbonyl (C=O) groups is 2. The summed E-state index contributed by atoms with van der Waals surface area (Å²) in [5.74, 6) is -0.961. The third-order valence-electron chi connectivity index (χ3n) is 1.61. The van der Waals surface area contributed by atoms with E-state index in [1.807, 2.05) is 0 Å². The van der Waals surface area contributed by atoms with Gasteiger partial charge in [-0.15, -0.1) is 0 Å². The molecule has 1 unspecified atom stereocenters. The van der Waals surface area contributed by atoms with E-state index >= 15 is 0 Å². The molecule has 0 aliphatic carbocycles. The van der Waals surface area contributed by atoms with E-state index in [1.54, 1.807) is 6.92 Å². The Morgan fingerprint density at radius 1 is 1.57 bits per heavy atom. The summed E-state index contributed by atoms with van der Waals surface area (Å²) in [5, 5.41) is 10.8. The van der Waals surface area contributed by atoms with E-state index in [1.165, 1.54) is 20.0 Å². The van der Waals surface area contributed by atoms with Gasteiger partial charge >= 0.3 is 12.1 Å². The van der Waals surface area contributed by atoms with E-state index in [2.05, 4.69) is 5.32 Å². The molecule has 0 heterocycles. The Balaban J connectivity index is 3.95. The maximum atomic E-state index is 10.7. The van der Waals surface area contributed by atoms with Crippen molar-refractivity contribution < 1.29 is 19.4 Å². The van der Waals surface area contributed by atoms with Crippen LogP contribution in [0.1, 0.15) is 20.3 Å². The van der Waals surface area contributed by atoms with Crippen LogP contribution >= 0.6 is 0 Å². The van der Waals surface area contributed by atoms with Crippen LogP contribution in [0.25, 0.3) is 0 Å². The number of carboxylic acids is 1. The van der Waals surface area contributed by atoms with E-state index in [9.17, 15) is 9.59 Å². The van der Waals surface area contributed by atoms with Gasteiger partial charge in [-0.2, -0.15) is 0 Å². The van der Waals surface area contributed by atoms with Gasteiger partial charge < -0.3 is 15.2 Å². The first-order valence-corrected chi connectivity index (χ1v) is 4.25. The number of hydrogen-bond acceptors (Lipinski definition) is 3. The molecule has 14 heavy (non-hydrogen) atoms. The number of aliphatic carboxylic acids is 1. The molecule has 1 atom stereocenters. The minimum atomic E-state index is -0.961. The summed E-state index contributed by atoms with van der Waals surface area (Å²) < 4.78 is 4.84. The molecule has 0 spiro atoms. The molecule has 1 amide bonds. The van der Waals surface area contributed by atoms with Gasteiger partial charge in [0.15, 0.2) is 0 Å². The van der Waals surface area contributed by atoms with Gasteiger partial charge in [-0.1, -0.05) is 6.08 Å². The smallest absolute Gasteiger partial charge is 0.407 e. The lowest BCUT2D eigenvalue weighted by Crippen LogP contribution is -2.24. The Bertz CT molecular complexity index is 247. The fourth-order valence-corrected chi connectivity index (χ4v) is 0.720. The van der Waals surface area contributed by atoms with Crippen LogP contribution in [-0.2, 0) is 9.53 Å². The molecule has 0 aliphatic rings. The Labute approximate surface area is 82.7 Å². The van der Waals surface area contributed by atoms with Gasteiger partial charge in [-0.25, -0.2) is 9.59 Å². The van der Waals surface area contributed by atoms with Crippen molar-refractivity contribution >= 4 is 12.1 Å². The highest BCUT2D eigenvalue weighted by Crippen LogP contribution is 2.02. The monoisotopic (exact) mass is 201 g/mol. The van der Waals surface area contributed by atoms with Gasteiger partial charge in [0, 0.05) is 19.0 Å². The summed E-state index contributed by atoms with van der Waals surface area (Å²) in [6, 6.07) is 0. The summed E-state index contributed by atoms with van der Waals surface area (Å²) in [5.41, 5.74) is 0.248. The zero-order chi connectivity index (χ0) is 11.1. The molecule has 5 heteroatoms. The van der Waals surface area contributed by atoms with Gasteiger partial charge in [-0.3, -0.25) is 0 Å². The van der Waals surface area contributed by atoms with Gasteiger partial charge in [-0.05, 0) is 13.8 Å². The molecule has 0 bridgehead atoms. The van der Waals surface area contributed by atoms with Crippen molar-refractivity contribution in [1.29, 1.82) is 0 Å². The molecule has 0 saturated heterocycles. The Hall–Kier alpha value is -1.52. The van der Waals surface area contributed by atoms with Crippen LogP contribution in [-0.4, -0.2) is 30.3 Å². The van der Waals surface area contributed by atoms with Gasteiger partial charge in [0.1, 0.15) is 6.10 Å². The predicted molar refractivity (Wildman–Crippen MR) is 51.0 cm³/mol. The Morgan fingerprint density at radius 2 is 2.14 bits per heavy atom. The standard InChI is InChI=1S/C9H15NO4/c1-6(8(11)12)4-5-7(2)14-9(13)10-3/h4,7H,5H2,1-3H3,(H,10,13)(H,11,12)/b6-4+. The minimum Gasteiger partial charge on any atom is -0.478 e. The number of hydrogen-bond donors (Lipinski definition) is 2. The fraction of sp³-hybridized carbons (Fsp3) is 0.556. The highest BCUT2D eigenvalue weighted by molar-refractivity contribution is 5.85. The lowest BCUT2D eigenvalue weighted by atomic mass is 10.2. The minimum absolute atomic E-state index is 0.248. The fourth-order valence-electron chi connectivity index (χ4n) is 0.720. The van der Waals surface area contributed by atoms with Crippen LogP contribution in [0.3, 0.4) is 0 Å². The van der Waals surface area contributed by atoms with Crippen molar-refractivity contribution in [3.63, 3.8) is 0 Å². The molecule has 0 aromatic rings. The van der Waals surface area contributed by atoms with E-state index < -0.39 is 12.1 Å². The first-order chi connectivity index (χ1) is 6.47. The number of nitrogens with one attached hydrogen (secondary N) is 1. The van der Waals surface area contributed by atoms with Crippen LogP contribution < -0.4 is 5.32 Å². The van der Waals surface area contributed by atoms with E-state index in [0.717, 1.165) is 0 Å². The van der Waals surface area contributed by atoms with E-state index in [-0.39, 0.29) is 11.7 Å². The molecule has 0 aliphatic heterocycles. The molecule has 0 rings (SSSR count). The van der Waals surface area contributed by atoms with Gasteiger partial charge in [0.25, 0.3) is 0 Å². The van der Waals surface area contributed by atoms with Crippen molar-refractivity contribution in [1.82, 2.24) is 5.32 Å². The van der Waals surface area contributed by atoms with Crippen LogP contribution in [0.5, 0.6) is 0 Å². The third-order valence-corrected chi connectivity index (χ3v) is 1.61. The molecular weight excluding hydrogens is 186 g/mol. The second-order valence-electron chi connectivity index (χ2n) is 2.89. The van der Waals surface area contributed by atoms with Crippen molar-refractivity contribution in [2.75, 3.05) is 7.05 Å². The zero-order valence-electron chi connectivity index (χ0n) is 8.53. The summed E-state index contributed by atoms with van der Waals surface area (Å²) in [4.78, 5) is 21.1. The SMILES string of the molecule is CNC(=O)OC(C)C/C=C(\C)C(=O)O. The Kier molecular flexibility index (Phi) is 5.36. The first kappa shape index (κ1) is 12.5. The molecule has 80 valence electrons. The number of ether oxygens (including phenoxy) is 1. The maximum Gasteiger partial charge on any atom is 0.407 e. The molecule has 0 radical (unpaired) electrons. The van der Waals surface area contributed by atoms with Crippen molar-refractivity contribution in [2.24, 2.45) is 0 Å². The van der Waals surface area contributed by atoms with Crippen LogP contribution in [0, 0.1) is 0 Å². The van der Waals surface area contributed by atoms with E-state index in [4.69, 9.17) is 9.84 Å².